The molecule has 0 spiro atoms. The summed E-state index contributed by atoms with van der Waals surface area (Å²) in [6, 6.07) is 6.42. The molecule has 1 rings (SSSR count). The zero-order valence-electron chi connectivity index (χ0n) is 11.2. The fourth-order valence-electron chi connectivity index (χ4n) is 1.39. The summed E-state index contributed by atoms with van der Waals surface area (Å²) in [5.74, 6) is 5.82. The molecule has 0 unspecified atom stereocenters. The molecule has 0 aromatic heterocycles. The van der Waals surface area contributed by atoms with Gasteiger partial charge in [0.15, 0.2) is 9.84 Å². The van der Waals surface area contributed by atoms with Crippen LogP contribution >= 0.6 is 0 Å². The molecule has 0 bridgehead atoms. The molecule has 6 nitrogen and oxygen atoms in total. The number of nitrogens with one attached hydrogen (secondary N) is 2. The van der Waals surface area contributed by atoms with Crippen LogP contribution in [0.15, 0.2) is 34.2 Å². The Morgan fingerprint density at radius 3 is 2.42 bits per heavy atom. The Bertz CT molecular complexity index is 523. The number of hydrazine groups is 1. The fourth-order valence-corrected chi connectivity index (χ4v) is 2.02. The number of nitrogens with two attached hydrogens (primary N) is 1. The van der Waals surface area contributed by atoms with E-state index in [1.807, 2.05) is 0 Å². The van der Waals surface area contributed by atoms with E-state index in [2.05, 4.69) is 22.7 Å². The van der Waals surface area contributed by atoms with Gasteiger partial charge in [-0.1, -0.05) is 13.3 Å². The molecule has 7 heteroatoms. The van der Waals surface area contributed by atoms with Gasteiger partial charge in [-0.3, -0.25) is 10.4 Å². The number of sulfone groups is 1. The second-order valence-corrected chi connectivity index (χ2v) is 6.17. The summed E-state index contributed by atoms with van der Waals surface area (Å²) in [6.07, 6.45) is 3.22. The van der Waals surface area contributed by atoms with Crippen LogP contribution < -0.4 is 16.6 Å². The number of nitrogens with zero attached hydrogens (tertiary/aromatic N) is 1. The molecule has 4 N–H and O–H groups in total. The number of guanidine groups is 1. The summed E-state index contributed by atoms with van der Waals surface area (Å²) in [6.45, 7) is 2.77. The van der Waals surface area contributed by atoms with Crippen LogP contribution in [0, 0.1) is 0 Å². The van der Waals surface area contributed by atoms with Gasteiger partial charge in [0, 0.05) is 18.5 Å². The maximum Gasteiger partial charge on any atom is 0.210 e. The first kappa shape index (κ1) is 15.5. The van der Waals surface area contributed by atoms with E-state index in [0.29, 0.717) is 12.5 Å². The van der Waals surface area contributed by atoms with E-state index in [1.165, 1.54) is 18.4 Å². The molecule has 0 aliphatic heterocycles. The van der Waals surface area contributed by atoms with Crippen molar-refractivity contribution in [1.82, 2.24) is 5.43 Å². The van der Waals surface area contributed by atoms with Crippen LogP contribution in [0.4, 0.5) is 5.69 Å². The normalized spacial score (nSPS) is 12.3. The standard InChI is InChI=1S/C12H20N4O2S/c1-3-4-9-14-12(16-13)15-10-5-7-11(8-6-10)19(2,17)18/h5-8H,3-4,9,13H2,1-2H3,(H2,14,15,16). The molecule has 0 radical (unpaired) electrons. The van der Waals surface area contributed by atoms with Crippen LogP contribution in [0.3, 0.4) is 0 Å². The first-order chi connectivity index (χ1) is 8.97. The van der Waals surface area contributed by atoms with Gasteiger partial charge in [-0.2, -0.15) is 0 Å². The minimum absolute atomic E-state index is 0.281. The Balaban J connectivity index is 2.73. The molecule has 0 saturated heterocycles. The van der Waals surface area contributed by atoms with Crippen LogP contribution in [0.2, 0.25) is 0 Å². The van der Waals surface area contributed by atoms with Crippen molar-refractivity contribution in [1.29, 1.82) is 0 Å². The summed E-state index contributed by atoms with van der Waals surface area (Å²) in [4.78, 5) is 4.53. The lowest BCUT2D eigenvalue weighted by atomic mass is 10.3. The lowest BCUT2D eigenvalue weighted by Crippen LogP contribution is -2.36. The number of unbranched alkanes of at least 4 members (excludes halogenated alkanes) is 1. The van der Waals surface area contributed by atoms with Gasteiger partial charge in [-0.25, -0.2) is 14.3 Å². The molecule has 106 valence electrons. The van der Waals surface area contributed by atoms with Gasteiger partial charge >= 0.3 is 0 Å². The van der Waals surface area contributed by atoms with Crippen molar-refractivity contribution in [2.45, 2.75) is 24.7 Å². The second-order valence-electron chi connectivity index (χ2n) is 4.15. The average molecular weight is 284 g/mol. The van der Waals surface area contributed by atoms with E-state index in [-0.39, 0.29) is 4.90 Å². The largest absolute Gasteiger partial charge is 0.325 e. The van der Waals surface area contributed by atoms with Crippen molar-refractivity contribution in [3.63, 3.8) is 0 Å². The maximum atomic E-state index is 11.3. The molecule has 0 heterocycles. The maximum absolute atomic E-state index is 11.3. The first-order valence-corrected chi connectivity index (χ1v) is 7.94. The summed E-state index contributed by atoms with van der Waals surface area (Å²) in [5, 5.41) is 2.99. The summed E-state index contributed by atoms with van der Waals surface area (Å²) < 4.78 is 22.6. The minimum Gasteiger partial charge on any atom is -0.325 e. The van der Waals surface area contributed by atoms with Gasteiger partial charge in [0.05, 0.1) is 4.90 Å². The third-order valence-electron chi connectivity index (χ3n) is 2.46. The van der Waals surface area contributed by atoms with Gasteiger partial charge in [0.1, 0.15) is 0 Å². The van der Waals surface area contributed by atoms with Crippen molar-refractivity contribution in [3.05, 3.63) is 24.3 Å². The van der Waals surface area contributed by atoms with E-state index in [9.17, 15) is 8.42 Å². The predicted octanol–water partition coefficient (Wildman–Crippen LogP) is 1.12. The fraction of sp³-hybridized carbons (Fsp3) is 0.417. The van der Waals surface area contributed by atoms with E-state index in [4.69, 9.17) is 5.84 Å². The molecule has 1 aromatic carbocycles. The Hall–Kier alpha value is -1.60. The van der Waals surface area contributed by atoms with E-state index in [0.717, 1.165) is 18.5 Å². The van der Waals surface area contributed by atoms with Crippen LogP contribution in [-0.2, 0) is 9.84 Å². The topological polar surface area (TPSA) is 96.6 Å². The highest BCUT2D eigenvalue weighted by atomic mass is 32.2. The smallest absolute Gasteiger partial charge is 0.210 e. The Morgan fingerprint density at radius 2 is 1.95 bits per heavy atom. The Morgan fingerprint density at radius 1 is 1.32 bits per heavy atom. The van der Waals surface area contributed by atoms with Crippen molar-refractivity contribution >= 4 is 21.5 Å². The lowest BCUT2D eigenvalue weighted by molar-refractivity contribution is 0.602. The number of anilines is 1. The third-order valence-corrected chi connectivity index (χ3v) is 3.59. The highest BCUT2D eigenvalue weighted by Gasteiger charge is 2.06. The Kier molecular flexibility index (Phi) is 5.78. The summed E-state index contributed by atoms with van der Waals surface area (Å²) in [5.41, 5.74) is 3.20. The van der Waals surface area contributed by atoms with E-state index in [1.54, 1.807) is 12.1 Å². The number of aliphatic imine (C=N–C) groups is 1. The minimum atomic E-state index is -3.17. The van der Waals surface area contributed by atoms with Gasteiger partial charge < -0.3 is 5.32 Å². The Labute approximate surface area is 114 Å². The van der Waals surface area contributed by atoms with Gasteiger partial charge in [0.25, 0.3) is 0 Å². The molecule has 0 saturated carbocycles. The van der Waals surface area contributed by atoms with Crippen LogP contribution in [0.25, 0.3) is 0 Å². The molecule has 0 aliphatic carbocycles. The molecule has 19 heavy (non-hydrogen) atoms. The van der Waals surface area contributed by atoms with Crippen LogP contribution in [0.1, 0.15) is 19.8 Å². The van der Waals surface area contributed by atoms with Gasteiger partial charge in [-0.05, 0) is 30.7 Å². The monoisotopic (exact) mass is 284 g/mol. The van der Waals surface area contributed by atoms with Gasteiger partial charge in [-0.15, -0.1) is 0 Å². The van der Waals surface area contributed by atoms with Crippen molar-refractivity contribution in [3.8, 4) is 0 Å². The summed E-state index contributed by atoms with van der Waals surface area (Å²) >= 11 is 0. The number of benzene rings is 1. The van der Waals surface area contributed by atoms with Gasteiger partial charge in [0.2, 0.25) is 5.96 Å². The SMILES string of the molecule is CCCCN=C(NN)Nc1ccc(S(C)(=O)=O)cc1. The van der Waals surface area contributed by atoms with Crippen molar-refractivity contribution < 1.29 is 8.42 Å². The number of hydrogen-bond donors (Lipinski definition) is 3. The second kappa shape index (κ2) is 7.10. The third kappa shape index (κ3) is 5.27. The van der Waals surface area contributed by atoms with E-state index >= 15 is 0 Å². The quantitative estimate of drug-likeness (QED) is 0.247. The molecule has 0 aliphatic rings. The van der Waals surface area contributed by atoms with Crippen molar-refractivity contribution in [2.75, 3.05) is 18.1 Å². The first-order valence-electron chi connectivity index (χ1n) is 6.05. The summed E-state index contributed by atoms with van der Waals surface area (Å²) in [7, 11) is -3.17. The molecule has 0 amide bonds. The number of hydrogen-bond acceptors (Lipinski definition) is 4. The van der Waals surface area contributed by atoms with E-state index < -0.39 is 9.84 Å². The highest BCUT2D eigenvalue weighted by molar-refractivity contribution is 7.90. The zero-order chi connectivity index (χ0) is 14.3. The molecule has 0 atom stereocenters. The van der Waals surface area contributed by atoms with Crippen LogP contribution in [0.5, 0.6) is 0 Å². The van der Waals surface area contributed by atoms with Crippen LogP contribution in [-0.4, -0.2) is 27.2 Å². The molecule has 0 fully saturated rings. The molecular formula is C12H20N4O2S. The lowest BCUT2D eigenvalue weighted by Gasteiger charge is -2.09. The van der Waals surface area contributed by atoms with Crippen molar-refractivity contribution in [2.24, 2.45) is 10.8 Å². The molecule has 1 aromatic rings. The average Bonchev–Trinajstić information content (AvgIpc) is 2.37. The molecular weight excluding hydrogens is 264 g/mol. The zero-order valence-corrected chi connectivity index (χ0v) is 12.0. The predicted molar refractivity (Wildman–Crippen MR) is 77.7 cm³/mol. The number of rotatable bonds is 5. The highest BCUT2D eigenvalue weighted by Crippen LogP contribution is 2.13.